The first-order valence-corrected chi connectivity index (χ1v) is 5.89. The van der Waals surface area contributed by atoms with Gasteiger partial charge in [0, 0.05) is 11.6 Å². The summed E-state index contributed by atoms with van der Waals surface area (Å²) in [4.78, 5) is 23.4. The summed E-state index contributed by atoms with van der Waals surface area (Å²) in [5, 5.41) is 2.31. The van der Waals surface area contributed by atoms with Gasteiger partial charge in [-0.25, -0.2) is 8.78 Å². The number of halogens is 2. The lowest BCUT2D eigenvalue weighted by molar-refractivity contribution is 0.0901. The summed E-state index contributed by atoms with van der Waals surface area (Å²) < 4.78 is 26.1. The lowest BCUT2D eigenvalue weighted by Crippen LogP contribution is -2.30. The highest BCUT2D eigenvalue weighted by Gasteiger charge is 2.13. The van der Waals surface area contributed by atoms with Gasteiger partial charge in [0.1, 0.15) is 11.6 Å². The Morgan fingerprint density at radius 3 is 2.35 bits per heavy atom. The van der Waals surface area contributed by atoms with E-state index in [1.54, 1.807) is 30.3 Å². The number of carbonyl (C=O) groups excluding carboxylic acids is 2. The molecule has 0 fully saturated rings. The molecule has 0 aliphatic rings. The molecule has 0 bridgehead atoms. The zero-order chi connectivity index (χ0) is 14.5. The van der Waals surface area contributed by atoms with Gasteiger partial charge in [-0.3, -0.25) is 9.59 Å². The predicted molar refractivity (Wildman–Crippen MR) is 69.5 cm³/mol. The Labute approximate surface area is 114 Å². The third-order valence-electron chi connectivity index (χ3n) is 2.68. The average molecular weight is 275 g/mol. The number of benzene rings is 2. The molecule has 102 valence electrons. The summed E-state index contributed by atoms with van der Waals surface area (Å²) >= 11 is 0. The SMILES string of the molecule is O=C(CNC(=O)c1ccc(F)cc1F)c1ccccc1. The summed E-state index contributed by atoms with van der Waals surface area (Å²) in [6.07, 6.45) is 0. The molecule has 0 aromatic heterocycles. The van der Waals surface area contributed by atoms with E-state index in [-0.39, 0.29) is 17.9 Å². The minimum absolute atomic E-state index is 0.250. The normalized spacial score (nSPS) is 10.1. The molecule has 0 atom stereocenters. The molecular formula is C15H11F2NO2. The molecule has 0 saturated carbocycles. The molecule has 0 spiro atoms. The van der Waals surface area contributed by atoms with Gasteiger partial charge in [0.2, 0.25) is 0 Å². The molecule has 20 heavy (non-hydrogen) atoms. The number of nitrogens with one attached hydrogen (secondary N) is 1. The molecule has 0 heterocycles. The average Bonchev–Trinajstić information content (AvgIpc) is 2.45. The van der Waals surface area contributed by atoms with Crippen LogP contribution in [-0.4, -0.2) is 18.2 Å². The zero-order valence-electron chi connectivity index (χ0n) is 10.4. The van der Waals surface area contributed by atoms with Gasteiger partial charge in [-0.05, 0) is 12.1 Å². The summed E-state index contributed by atoms with van der Waals surface area (Å²) in [6.45, 7) is -0.250. The van der Waals surface area contributed by atoms with Crippen LogP contribution in [0.4, 0.5) is 8.78 Å². The fourth-order valence-electron chi connectivity index (χ4n) is 1.66. The molecule has 2 rings (SSSR count). The molecule has 0 aliphatic carbocycles. The second-order valence-corrected chi connectivity index (χ2v) is 4.10. The lowest BCUT2D eigenvalue weighted by Gasteiger charge is -2.05. The molecular weight excluding hydrogens is 264 g/mol. The van der Waals surface area contributed by atoms with Gasteiger partial charge in [0.15, 0.2) is 5.78 Å². The molecule has 0 saturated heterocycles. The van der Waals surface area contributed by atoms with Crippen LogP contribution >= 0.6 is 0 Å². The first-order chi connectivity index (χ1) is 9.58. The van der Waals surface area contributed by atoms with Crippen LogP contribution in [0.1, 0.15) is 20.7 Å². The minimum atomic E-state index is -0.963. The van der Waals surface area contributed by atoms with E-state index in [0.29, 0.717) is 11.6 Å². The molecule has 0 unspecified atom stereocenters. The third-order valence-corrected chi connectivity index (χ3v) is 2.68. The fraction of sp³-hybridized carbons (Fsp3) is 0.0667. The largest absolute Gasteiger partial charge is 0.344 e. The van der Waals surface area contributed by atoms with Crippen molar-refractivity contribution in [3.63, 3.8) is 0 Å². The number of ketones is 1. The van der Waals surface area contributed by atoms with Gasteiger partial charge in [-0.2, -0.15) is 0 Å². The van der Waals surface area contributed by atoms with Crippen molar-refractivity contribution in [1.82, 2.24) is 5.32 Å². The summed E-state index contributed by atoms with van der Waals surface area (Å²) in [7, 11) is 0. The van der Waals surface area contributed by atoms with Crippen molar-refractivity contribution in [2.45, 2.75) is 0 Å². The van der Waals surface area contributed by atoms with E-state index in [0.717, 1.165) is 12.1 Å². The Morgan fingerprint density at radius 2 is 1.70 bits per heavy atom. The summed E-state index contributed by atoms with van der Waals surface area (Å²) in [6, 6.07) is 11.0. The quantitative estimate of drug-likeness (QED) is 0.872. The van der Waals surface area contributed by atoms with Crippen LogP contribution in [0.15, 0.2) is 48.5 Å². The van der Waals surface area contributed by atoms with Crippen molar-refractivity contribution in [3.05, 3.63) is 71.3 Å². The van der Waals surface area contributed by atoms with Gasteiger partial charge < -0.3 is 5.32 Å². The predicted octanol–water partition coefficient (Wildman–Crippen LogP) is 2.58. The number of rotatable bonds is 4. The van der Waals surface area contributed by atoms with Crippen LogP contribution in [0.2, 0.25) is 0 Å². The smallest absolute Gasteiger partial charge is 0.254 e. The summed E-state index contributed by atoms with van der Waals surface area (Å²) in [5.41, 5.74) is 0.152. The Balaban J connectivity index is 2.00. The molecule has 5 heteroatoms. The standard InChI is InChI=1S/C15H11F2NO2/c16-11-6-7-12(13(17)8-11)15(20)18-9-14(19)10-4-2-1-3-5-10/h1-8H,9H2,(H,18,20). The van der Waals surface area contributed by atoms with Crippen molar-refractivity contribution in [3.8, 4) is 0 Å². The van der Waals surface area contributed by atoms with E-state index in [1.807, 2.05) is 0 Å². The molecule has 0 aliphatic heterocycles. The van der Waals surface area contributed by atoms with Crippen LogP contribution < -0.4 is 5.32 Å². The van der Waals surface area contributed by atoms with Gasteiger partial charge in [-0.15, -0.1) is 0 Å². The van der Waals surface area contributed by atoms with E-state index in [2.05, 4.69) is 5.32 Å². The van der Waals surface area contributed by atoms with Crippen molar-refractivity contribution < 1.29 is 18.4 Å². The maximum absolute atomic E-state index is 13.4. The Kier molecular flexibility index (Phi) is 4.20. The van der Waals surface area contributed by atoms with Crippen LogP contribution in [0.3, 0.4) is 0 Å². The lowest BCUT2D eigenvalue weighted by atomic mass is 10.1. The van der Waals surface area contributed by atoms with Crippen LogP contribution in [0, 0.1) is 11.6 Å². The molecule has 0 radical (unpaired) electrons. The summed E-state index contributed by atoms with van der Waals surface area (Å²) in [5.74, 6) is -2.78. The number of hydrogen-bond donors (Lipinski definition) is 1. The van der Waals surface area contributed by atoms with Crippen LogP contribution in [0.5, 0.6) is 0 Å². The van der Waals surface area contributed by atoms with Crippen molar-refractivity contribution in [2.75, 3.05) is 6.54 Å². The highest BCUT2D eigenvalue weighted by molar-refractivity contribution is 6.02. The monoisotopic (exact) mass is 275 g/mol. The Hall–Kier alpha value is -2.56. The molecule has 2 aromatic rings. The van der Waals surface area contributed by atoms with Crippen molar-refractivity contribution >= 4 is 11.7 Å². The van der Waals surface area contributed by atoms with E-state index >= 15 is 0 Å². The number of Topliss-reactive ketones (excluding diaryl/α,β-unsaturated/α-hetero) is 1. The molecule has 3 nitrogen and oxygen atoms in total. The van der Waals surface area contributed by atoms with E-state index < -0.39 is 17.5 Å². The maximum Gasteiger partial charge on any atom is 0.254 e. The minimum Gasteiger partial charge on any atom is -0.344 e. The van der Waals surface area contributed by atoms with Gasteiger partial charge in [-0.1, -0.05) is 30.3 Å². The first kappa shape index (κ1) is 13.9. The number of hydrogen-bond acceptors (Lipinski definition) is 2. The van der Waals surface area contributed by atoms with Crippen LogP contribution in [0.25, 0.3) is 0 Å². The highest BCUT2D eigenvalue weighted by Crippen LogP contribution is 2.09. The second-order valence-electron chi connectivity index (χ2n) is 4.10. The Bertz CT molecular complexity index is 642. The van der Waals surface area contributed by atoms with Gasteiger partial charge in [0.05, 0.1) is 12.1 Å². The van der Waals surface area contributed by atoms with Crippen LogP contribution in [-0.2, 0) is 0 Å². The number of carbonyl (C=O) groups is 2. The second kappa shape index (κ2) is 6.06. The van der Waals surface area contributed by atoms with E-state index in [9.17, 15) is 18.4 Å². The van der Waals surface area contributed by atoms with Crippen molar-refractivity contribution in [2.24, 2.45) is 0 Å². The fourth-order valence-corrected chi connectivity index (χ4v) is 1.66. The Morgan fingerprint density at radius 1 is 1.00 bits per heavy atom. The van der Waals surface area contributed by atoms with E-state index in [4.69, 9.17) is 0 Å². The topological polar surface area (TPSA) is 46.2 Å². The molecule has 2 aromatic carbocycles. The van der Waals surface area contributed by atoms with Crippen molar-refractivity contribution in [1.29, 1.82) is 0 Å². The highest BCUT2D eigenvalue weighted by atomic mass is 19.1. The maximum atomic E-state index is 13.4. The van der Waals surface area contributed by atoms with Gasteiger partial charge in [0.25, 0.3) is 5.91 Å². The van der Waals surface area contributed by atoms with Gasteiger partial charge >= 0.3 is 0 Å². The molecule has 1 amide bonds. The third kappa shape index (κ3) is 3.26. The molecule has 1 N–H and O–H groups in total. The zero-order valence-corrected chi connectivity index (χ0v) is 10.4. The van der Waals surface area contributed by atoms with E-state index in [1.165, 1.54) is 0 Å². The number of amides is 1. The first-order valence-electron chi connectivity index (χ1n) is 5.89.